The van der Waals surface area contributed by atoms with Gasteiger partial charge in [-0.05, 0) is 43.4 Å². The van der Waals surface area contributed by atoms with Gasteiger partial charge in [0.25, 0.3) is 0 Å². The fourth-order valence-corrected chi connectivity index (χ4v) is 2.94. The number of rotatable bonds is 7. The number of hydrogen-bond donors (Lipinski definition) is 2. The molecule has 0 saturated heterocycles. The van der Waals surface area contributed by atoms with Crippen LogP contribution in [-0.2, 0) is 6.54 Å². The van der Waals surface area contributed by atoms with Crippen molar-refractivity contribution in [1.82, 2.24) is 5.32 Å². The third-order valence-corrected chi connectivity index (χ3v) is 4.34. The fraction of sp³-hybridized carbons (Fsp3) is 0.588. The maximum absolute atomic E-state index is 10.8. The van der Waals surface area contributed by atoms with Crippen molar-refractivity contribution in [3.05, 3.63) is 35.4 Å². The Labute approximate surface area is 121 Å². The molecule has 0 heterocycles. The molecular weight excluding hydrogens is 250 g/mol. The lowest BCUT2D eigenvalue weighted by Crippen LogP contribution is -2.25. The number of nitrogens with one attached hydrogen (secondary N) is 1. The molecule has 0 aromatic heterocycles. The van der Waals surface area contributed by atoms with Gasteiger partial charge >= 0.3 is 5.97 Å². The van der Waals surface area contributed by atoms with Gasteiger partial charge < -0.3 is 10.4 Å². The molecule has 1 aromatic rings. The maximum Gasteiger partial charge on any atom is 0.335 e. The van der Waals surface area contributed by atoms with Crippen LogP contribution in [0.3, 0.4) is 0 Å². The van der Waals surface area contributed by atoms with Crippen molar-refractivity contribution in [3.8, 4) is 0 Å². The summed E-state index contributed by atoms with van der Waals surface area (Å²) in [5, 5.41) is 12.4. The van der Waals surface area contributed by atoms with Crippen LogP contribution in [0.2, 0.25) is 0 Å². The fourth-order valence-electron chi connectivity index (χ4n) is 2.94. The lowest BCUT2D eigenvalue weighted by Gasteiger charge is -2.16. The monoisotopic (exact) mass is 275 g/mol. The van der Waals surface area contributed by atoms with Gasteiger partial charge in [0, 0.05) is 12.6 Å². The second-order valence-corrected chi connectivity index (χ2v) is 6.01. The number of carboxylic acid groups (broad SMARTS) is 1. The van der Waals surface area contributed by atoms with E-state index in [4.69, 9.17) is 5.11 Å². The zero-order chi connectivity index (χ0) is 14.4. The highest BCUT2D eigenvalue weighted by atomic mass is 16.4. The first-order valence-electron chi connectivity index (χ1n) is 7.71. The van der Waals surface area contributed by atoms with Crippen LogP contribution in [0.1, 0.15) is 61.4 Å². The highest BCUT2D eigenvalue weighted by Gasteiger charge is 2.15. The molecule has 0 aliphatic heterocycles. The Balaban J connectivity index is 1.69. The van der Waals surface area contributed by atoms with Crippen LogP contribution >= 0.6 is 0 Å². The van der Waals surface area contributed by atoms with E-state index in [0.29, 0.717) is 11.6 Å². The Kier molecular flexibility index (Phi) is 5.60. The summed E-state index contributed by atoms with van der Waals surface area (Å²) in [6, 6.07) is 7.64. The Hall–Kier alpha value is -1.35. The molecule has 0 radical (unpaired) electrons. The van der Waals surface area contributed by atoms with E-state index in [9.17, 15) is 4.79 Å². The van der Waals surface area contributed by atoms with Crippen molar-refractivity contribution >= 4 is 5.97 Å². The smallest absolute Gasteiger partial charge is 0.335 e. The molecule has 1 atom stereocenters. The minimum absolute atomic E-state index is 0.350. The van der Waals surface area contributed by atoms with Crippen LogP contribution < -0.4 is 5.32 Å². The molecule has 0 amide bonds. The highest BCUT2D eigenvalue weighted by molar-refractivity contribution is 5.87. The van der Waals surface area contributed by atoms with Crippen molar-refractivity contribution in [2.75, 3.05) is 0 Å². The van der Waals surface area contributed by atoms with E-state index in [2.05, 4.69) is 12.2 Å². The van der Waals surface area contributed by atoms with Gasteiger partial charge in [-0.1, -0.05) is 37.8 Å². The maximum atomic E-state index is 10.8. The standard InChI is InChI=1S/C17H25NO2/c1-13(6-7-14-4-2-3-5-14)18-12-15-8-10-16(11-9-15)17(19)20/h8-11,13-14,18H,2-7,12H2,1H3,(H,19,20). The minimum Gasteiger partial charge on any atom is -0.478 e. The zero-order valence-electron chi connectivity index (χ0n) is 12.3. The SMILES string of the molecule is CC(CCC1CCCC1)NCc1ccc(C(=O)O)cc1. The molecule has 0 spiro atoms. The van der Waals surface area contributed by atoms with Gasteiger partial charge in [-0.2, -0.15) is 0 Å². The van der Waals surface area contributed by atoms with Gasteiger partial charge in [0.15, 0.2) is 0 Å². The summed E-state index contributed by atoms with van der Waals surface area (Å²) in [5.74, 6) is 0.0866. The van der Waals surface area contributed by atoms with E-state index in [1.807, 2.05) is 12.1 Å². The predicted octanol–water partition coefficient (Wildman–Crippen LogP) is 3.83. The first-order chi connectivity index (χ1) is 9.65. The summed E-state index contributed by atoms with van der Waals surface area (Å²) in [6.45, 7) is 3.05. The summed E-state index contributed by atoms with van der Waals surface area (Å²) >= 11 is 0. The van der Waals surface area contributed by atoms with Crippen molar-refractivity contribution in [2.24, 2.45) is 5.92 Å². The second-order valence-electron chi connectivity index (χ2n) is 6.01. The Morgan fingerprint density at radius 2 is 1.95 bits per heavy atom. The van der Waals surface area contributed by atoms with E-state index in [1.165, 1.54) is 38.5 Å². The van der Waals surface area contributed by atoms with Gasteiger partial charge in [-0.3, -0.25) is 0 Å². The molecule has 1 aromatic carbocycles. The average molecular weight is 275 g/mol. The topological polar surface area (TPSA) is 49.3 Å². The van der Waals surface area contributed by atoms with Gasteiger partial charge in [0.1, 0.15) is 0 Å². The minimum atomic E-state index is -0.866. The molecule has 3 nitrogen and oxygen atoms in total. The van der Waals surface area contributed by atoms with E-state index in [0.717, 1.165) is 18.0 Å². The number of benzene rings is 1. The summed E-state index contributed by atoms with van der Waals surface area (Å²) in [6.07, 6.45) is 8.25. The number of carbonyl (C=O) groups is 1. The number of carboxylic acids is 1. The number of aromatic carboxylic acids is 1. The molecule has 2 rings (SSSR count). The summed E-state index contributed by atoms with van der Waals surface area (Å²) in [4.78, 5) is 10.8. The van der Waals surface area contributed by atoms with E-state index < -0.39 is 5.97 Å². The van der Waals surface area contributed by atoms with Crippen LogP contribution in [0, 0.1) is 5.92 Å². The zero-order valence-corrected chi connectivity index (χ0v) is 12.3. The molecule has 20 heavy (non-hydrogen) atoms. The second kappa shape index (κ2) is 7.44. The van der Waals surface area contributed by atoms with E-state index >= 15 is 0 Å². The normalized spacial score (nSPS) is 17.2. The Morgan fingerprint density at radius 1 is 1.30 bits per heavy atom. The average Bonchev–Trinajstić information content (AvgIpc) is 2.96. The molecule has 2 N–H and O–H groups in total. The van der Waals surface area contributed by atoms with Crippen LogP contribution in [0.5, 0.6) is 0 Å². The lowest BCUT2D eigenvalue weighted by molar-refractivity contribution is 0.0697. The molecule has 1 unspecified atom stereocenters. The quantitative estimate of drug-likeness (QED) is 0.795. The summed E-state index contributed by atoms with van der Waals surface area (Å²) in [7, 11) is 0. The van der Waals surface area contributed by atoms with E-state index in [-0.39, 0.29) is 0 Å². The van der Waals surface area contributed by atoms with Crippen molar-refractivity contribution < 1.29 is 9.90 Å². The predicted molar refractivity (Wildman–Crippen MR) is 80.9 cm³/mol. The molecule has 0 bridgehead atoms. The van der Waals surface area contributed by atoms with Crippen molar-refractivity contribution in [2.45, 2.75) is 58.0 Å². The Bertz CT molecular complexity index is 421. The van der Waals surface area contributed by atoms with Gasteiger partial charge in [-0.15, -0.1) is 0 Å². The highest BCUT2D eigenvalue weighted by Crippen LogP contribution is 2.28. The molecule has 3 heteroatoms. The molecular formula is C17H25NO2. The van der Waals surface area contributed by atoms with Crippen LogP contribution in [-0.4, -0.2) is 17.1 Å². The molecule has 1 aliphatic carbocycles. The third kappa shape index (κ3) is 4.64. The van der Waals surface area contributed by atoms with Crippen molar-refractivity contribution in [1.29, 1.82) is 0 Å². The first kappa shape index (κ1) is 15.0. The van der Waals surface area contributed by atoms with Crippen LogP contribution in [0.4, 0.5) is 0 Å². The summed E-state index contributed by atoms with van der Waals surface area (Å²) < 4.78 is 0. The van der Waals surface area contributed by atoms with Gasteiger partial charge in [0.2, 0.25) is 0 Å². The van der Waals surface area contributed by atoms with Crippen LogP contribution in [0.15, 0.2) is 24.3 Å². The number of hydrogen-bond acceptors (Lipinski definition) is 2. The Morgan fingerprint density at radius 3 is 2.55 bits per heavy atom. The summed E-state index contributed by atoms with van der Waals surface area (Å²) in [5.41, 5.74) is 1.49. The molecule has 1 aliphatic rings. The first-order valence-corrected chi connectivity index (χ1v) is 7.71. The largest absolute Gasteiger partial charge is 0.478 e. The molecule has 1 fully saturated rings. The molecule has 110 valence electrons. The third-order valence-electron chi connectivity index (χ3n) is 4.34. The van der Waals surface area contributed by atoms with Gasteiger partial charge in [-0.25, -0.2) is 4.79 Å². The molecule has 1 saturated carbocycles. The van der Waals surface area contributed by atoms with Crippen LogP contribution in [0.25, 0.3) is 0 Å². The van der Waals surface area contributed by atoms with Gasteiger partial charge in [0.05, 0.1) is 5.56 Å². The van der Waals surface area contributed by atoms with Crippen molar-refractivity contribution in [3.63, 3.8) is 0 Å². The van der Waals surface area contributed by atoms with E-state index in [1.54, 1.807) is 12.1 Å². The lowest BCUT2D eigenvalue weighted by atomic mass is 9.99.